The third-order valence-corrected chi connectivity index (χ3v) is 3.37. The predicted octanol–water partition coefficient (Wildman–Crippen LogP) is 1.57. The molecule has 1 unspecified atom stereocenters. The third kappa shape index (κ3) is 4.34. The fraction of sp³-hybridized carbons (Fsp3) is 0.500. The Morgan fingerprint density at radius 3 is 2.68 bits per heavy atom. The zero-order valence-electron chi connectivity index (χ0n) is 11.1. The van der Waals surface area contributed by atoms with Crippen LogP contribution in [-0.4, -0.2) is 31.6 Å². The molecule has 0 aliphatic carbocycles. The van der Waals surface area contributed by atoms with Crippen LogP contribution in [0.4, 0.5) is 11.4 Å². The molecule has 1 rings (SSSR count). The van der Waals surface area contributed by atoms with Crippen LogP contribution in [-0.2, 0) is 6.42 Å². The molecule has 7 heteroatoms. The molecule has 106 valence electrons. The van der Waals surface area contributed by atoms with Gasteiger partial charge in [-0.25, -0.2) is 0 Å². The van der Waals surface area contributed by atoms with E-state index in [2.05, 4.69) is 10.6 Å². The lowest BCUT2D eigenvalue weighted by Gasteiger charge is -2.16. The first-order chi connectivity index (χ1) is 8.99. The molecular weight excluding hydrogens is 268 g/mol. The Morgan fingerprint density at radius 1 is 1.47 bits per heavy atom. The normalized spacial score (nSPS) is 12.4. The molecule has 0 radical (unpaired) electrons. The second-order valence-corrected chi connectivity index (χ2v) is 4.75. The first kappa shape index (κ1) is 15.7. The molecule has 0 aliphatic heterocycles. The van der Waals surface area contributed by atoms with Gasteiger partial charge in [0.25, 0.3) is 5.69 Å². The number of anilines is 1. The van der Waals surface area contributed by atoms with Gasteiger partial charge in [-0.3, -0.25) is 10.1 Å². The van der Waals surface area contributed by atoms with Crippen molar-refractivity contribution in [2.45, 2.75) is 18.9 Å². The van der Waals surface area contributed by atoms with Crippen LogP contribution in [0.1, 0.15) is 12.0 Å². The number of nitro groups is 1. The van der Waals surface area contributed by atoms with Crippen molar-refractivity contribution in [2.24, 2.45) is 0 Å². The Labute approximate surface area is 117 Å². The summed E-state index contributed by atoms with van der Waals surface area (Å²) in [7, 11) is 3.76. The van der Waals surface area contributed by atoms with Crippen LogP contribution in [0, 0.1) is 10.1 Å². The lowest BCUT2D eigenvalue weighted by atomic mass is 10.0. The second-order valence-electron chi connectivity index (χ2n) is 4.34. The summed E-state index contributed by atoms with van der Waals surface area (Å²) in [6, 6.07) is 3.20. The summed E-state index contributed by atoms with van der Waals surface area (Å²) in [6.45, 7) is 0.825. The highest BCUT2D eigenvalue weighted by atomic mass is 35.5. The number of likely N-dealkylation sites (N-methyl/N-ethyl adjacent to an activating group) is 2. The van der Waals surface area contributed by atoms with Gasteiger partial charge in [0.05, 0.1) is 4.92 Å². The molecule has 4 N–H and O–H groups in total. The zero-order valence-corrected chi connectivity index (χ0v) is 11.8. The number of hydrogen-bond donors (Lipinski definition) is 3. The summed E-state index contributed by atoms with van der Waals surface area (Å²) >= 11 is 6.07. The van der Waals surface area contributed by atoms with E-state index in [-0.39, 0.29) is 17.4 Å². The minimum absolute atomic E-state index is 0.0889. The Hall–Kier alpha value is -1.37. The smallest absolute Gasteiger partial charge is 0.292 e. The van der Waals surface area contributed by atoms with Gasteiger partial charge < -0.3 is 16.4 Å². The van der Waals surface area contributed by atoms with Gasteiger partial charge in [0, 0.05) is 23.7 Å². The van der Waals surface area contributed by atoms with Crippen LogP contribution < -0.4 is 16.4 Å². The van der Waals surface area contributed by atoms with Gasteiger partial charge >= 0.3 is 0 Å². The van der Waals surface area contributed by atoms with E-state index in [1.54, 1.807) is 0 Å². The summed E-state index contributed by atoms with van der Waals surface area (Å²) in [5.41, 5.74) is 6.33. The van der Waals surface area contributed by atoms with E-state index in [1.807, 2.05) is 14.1 Å². The maximum absolute atomic E-state index is 10.8. The molecule has 0 aromatic heterocycles. The molecule has 0 saturated heterocycles. The minimum atomic E-state index is -0.488. The number of nitro benzene ring substituents is 1. The fourth-order valence-corrected chi connectivity index (χ4v) is 2.16. The number of nitrogens with two attached hydrogens (primary N) is 1. The lowest BCUT2D eigenvalue weighted by Crippen LogP contribution is -2.35. The van der Waals surface area contributed by atoms with E-state index in [0.29, 0.717) is 11.4 Å². The second kappa shape index (κ2) is 7.28. The quantitative estimate of drug-likeness (QED) is 0.402. The molecule has 0 fully saturated rings. The minimum Gasteiger partial charge on any atom is -0.393 e. The highest BCUT2D eigenvalue weighted by molar-refractivity contribution is 6.31. The molecule has 0 amide bonds. The summed E-state index contributed by atoms with van der Waals surface area (Å²) in [5, 5.41) is 17.6. The average Bonchev–Trinajstić information content (AvgIpc) is 2.35. The van der Waals surface area contributed by atoms with Gasteiger partial charge in [-0.15, -0.1) is 0 Å². The summed E-state index contributed by atoms with van der Waals surface area (Å²) in [4.78, 5) is 10.4. The van der Waals surface area contributed by atoms with Crippen molar-refractivity contribution >= 4 is 23.0 Å². The monoisotopic (exact) mass is 286 g/mol. The molecule has 19 heavy (non-hydrogen) atoms. The van der Waals surface area contributed by atoms with E-state index < -0.39 is 4.92 Å². The zero-order chi connectivity index (χ0) is 14.4. The lowest BCUT2D eigenvalue weighted by molar-refractivity contribution is -0.384. The van der Waals surface area contributed by atoms with Crippen LogP contribution in [0.15, 0.2) is 12.1 Å². The van der Waals surface area contributed by atoms with Crippen molar-refractivity contribution in [1.82, 2.24) is 10.6 Å². The maximum atomic E-state index is 10.8. The van der Waals surface area contributed by atoms with Crippen LogP contribution in [0.3, 0.4) is 0 Å². The van der Waals surface area contributed by atoms with Crippen LogP contribution in [0.2, 0.25) is 5.02 Å². The van der Waals surface area contributed by atoms with E-state index in [1.165, 1.54) is 12.1 Å². The number of hydrogen-bond acceptors (Lipinski definition) is 5. The molecule has 0 aliphatic rings. The highest BCUT2D eigenvalue weighted by Gasteiger charge is 2.16. The number of nitrogens with one attached hydrogen (secondary N) is 2. The van der Waals surface area contributed by atoms with E-state index in [0.717, 1.165) is 18.5 Å². The predicted molar refractivity (Wildman–Crippen MR) is 77.6 cm³/mol. The molecule has 1 atom stereocenters. The average molecular weight is 287 g/mol. The van der Waals surface area contributed by atoms with E-state index in [4.69, 9.17) is 17.3 Å². The van der Waals surface area contributed by atoms with Gasteiger partial charge in [-0.1, -0.05) is 11.6 Å². The van der Waals surface area contributed by atoms with E-state index >= 15 is 0 Å². The first-order valence-electron chi connectivity index (χ1n) is 6.03. The van der Waals surface area contributed by atoms with Gasteiger partial charge in [0.2, 0.25) is 0 Å². The summed E-state index contributed by atoms with van der Waals surface area (Å²) in [6.07, 6.45) is 1.49. The SMILES string of the molecule is CNCC(CCc1cc([N+](=O)[O-])c(N)cc1Cl)NC. The van der Waals surface area contributed by atoms with Gasteiger partial charge in [-0.2, -0.15) is 0 Å². The van der Waals surface area contributed by atoms with Crippen molar-refractivity contribution in [3.05, 3.63) is 32.8 Å². The number of halogens is 1. The topological polar surface area (TPSA) is 93.2 Å². The molecular formula is C12H19ClN4O2. The van der Waals surface area contributed by atoms with Crippen molar-refractivity contribution in [3.63, 3.8) is 0 Å². The highest BCUT2D eigenvalue weighted by Crippen LogP contribution is 2.29. The molecule has 0 spiro atoms. The number of nitrogen functional groups attached to an aromatic ring is 1. The molecule has 1 aromatic rings. The number of nitrogens with zero attached hydrogens (tertiary/aromatic N) is 1. The van der Waals surface area contributed by atoms with Gasteiger partial charge in [-0.05, 0) is 38.6 Å². The van der Waals surface area contributed by atoms with Crippen LogP contribution in [0.5, 0.6) is 0 Å². The Bertz CT molecular complexity index is 454. The number of aryl methyl sites for hydroxylation is 1. The molecule has 0 saturated carbocycles. The molecule has 1 aromatic carbocycles. The fourth-order valence-electron chi connectivity index (χ4n) is 1.89. The number of benzene rings is 1. The van der Waals surface area contributed by atoms with Crippen molar-refractivity contribution < 1.29 is 4.92 Å². The summed E-state index contributed by atoms with van der Waals surface area (Å²) < 4.78 is 0. The van der Waals surface area contributed by atoms with Crippen molar-refractivity contribution in [3.8, 4) is 0 Å². The van der Waals surface area contributed by atoms with Gasteiger partial charge in [0.1, 0.15) is 5.69 Å². The number of rotatable bonds is 7. The third-order valence-electron chi connectivity index (χ3n) is 3.01. The van der Waals surface area contributed by atoms with Crippen molar-refractivity contribution in [2.75, 3.05) is 26.4 Å². The van der Waals surface area contributed by atoms with E-state index in [9.17, 15) is 10.1 Å². The molecule has 6 nitrogen and oxygen atoms in total. The van der Waals surface area contributed by atoms with Gasteiger partial charge in [0.15, 0.2) is 0 Å². The standard InChI is InChI=1S/C12H19ClN4O2/c1-15-7-9(16-2)4-3-8-5-12(17(18)19)11(14)6-10(8)13/h5-6,9,15-16H,3-4,7,14H2,1-2H3. The Morgan fingerprint density at radius 2 is 2.16 bits per heavy atom. The maximum Gasteiger partial charge on any atom is 0.292 e. The van der Waals surface area contributed by atoms with Crippen LogP contribution in [0.25, 0.3) is 0 Å². The largest absolute Gasteiger partial charge is 0.393 e. The van der Waals surface area contributed by atoms with Crippen LogP contribution >= 0.6 is 11.6 Å². The molecule has 0 bridgehead atoms. The Kier molecular flexibility index (Phi) is 6.01. The van der Waals surface area contributed by atoms with Crippen molar-refractivity contribution in [1.29, 1.82) is 0 Å². The Balaban J connectivity index is 2.83. The summed E-state index contributed by atoms with van der Waals surface area (Å²) in [5.74, 6) is 0. The molecule has 0 heterocycles. The first-order valence-corrected chi connectivity index (χ1v) is 6.41.